The van der Waals surface area contributed by atoms with Crippen molar-refractivity contribution in [2.45, 2.75) is 4.90 Å². The molecule has 0 unspecified atom stereocenters. The highest BCUT2D eigenvalue weighted by atomic mass is 35.5. The summed E-state index contributed by atoms with van der Waals surface area (Å²) in [5, 5.41) is 2.97. The first kappa shape index (κ1) is 25.4. The molecule has 0 saturated heterocycles. The Morgan fingerprint density at radius 2 is 1.68 bits per heavy atom. The number of halogens is 2. The highest BCUT2D eigenvalue weighted by molar-refractivity contribution is 7.92. The van der Waals surface area contributed by atoms with Crippen molar-refractivity contribution in [2.24, 2.45) is 0 Å². The van der Waals surface area contributed by atoms with Gasteiger partial charge in [-0.1, -0.05) is 41.4 Å². The van der Waals surface area contributed by atoms with Crippen molar-refractivity contribution in [1.29, 1.82) is 0 Å². The molecule has 0 spiro atoms. The van der Waals surface area contributed by atoms with E-state index in [4.69, 9.17) is 27.9 Å². The highest BCUT2D eigenvalue weighted by Gasteiger charge is 2.29. The highest BCUT2D eigenvalue weighted by Crippen LogP contribution is 2.35. The number of sulfonamides is 1. The number of carbonyl (C=O) groups excluding carboxylic acids is 2. The molecule has 0 aliphatic carbocycles. The molecule has 3 rings (SSSR count). The van der Waals surface area contributed by atoms with Gasteiger partial charge >= 0.3 is 5.97 Å². The Morgan fingerprint density at radius 1 is 0.971 bits per heavy atom. The maximum Gasteiger partial charge on any atom is 0.339 e. The molecule has 3 aromatic carbocycles. The molecule has 11 heteroatoms. The van der Waals surface area contributed by atoms with Crippen molar-refractivity contribution >= 4 is 56.5 Å². The van der Waals surface area contributed by atoms with Crippen LogP contribution in [0.3, 0.4) is 0 Å². The molecular weight excluding hydrogens is 503 g/mol. The number of benzene rings is 3. The number of hydrogen-bond acceptors (Lipinski definition) is 6. The topological polar surface area (TPSA) is 102 Å². The minimum Gasteiger partial charge on any atom is -0.495 e. The van der Waals surface area contributed by atoms with Gasteiger partial charge in [0.15, 0.2) is 0 Å². The largest absolute Gasteiger partial charge is 0.495 e. The fourth-order valence-corrected chi connectivity index (χ4v) is 4.88. The van der Waals surface area contributed by atoms with Gasteiger partial charge in [-0.3, -0.25) is 9.10 Å². The van der Waals surface area contributed by atoms with E-state index in [0.717, 1.165) is 4.31 Å². The fraction of sp³-hybridized carbons (Fsp3) is 0.130. The van der Waals surface area contributed by atoms with E-state index >= 15 is 0 Å². The third-order valence-electron chi connectivity index (χ3n) is 4.68. The predicted octanol–water partition coefficient (Wildman–Crippen LogP) is 4.62. The fourth-order valence-electron chi connectivity index (χ4n) is 3.08. The zero-order chi connectivity index (χ0) is 24.9. The third kappa shape index (κ3) is 5.61. The van der Waals surface area contributed by atoms with E-state index in [0.29, 0.717) is 0 Å². The van der Waals surface area contributed by atoms with Crippen molar-refractivity contribution < 1.29 is 27.5 Å². The summed E-state index contributed by atoms with van der Waals surface area (Å²) in [4.78, 5) is 24.8. The van der Waals surface area contributed by atoms with E-state index < -0.39 is 28.4 Å². The molecule has 1 N–H and O–H groups in total. The molecule has 34 heavy (non-hydrogen) atoms. The van der Waals surface area contributed by atoms with Crippen molar-refractivity contribution in [3.8, 4) is 5.75 Å². The molecular formula is C23H20Cl2N2O6S. The number of methoxy groups -OCH3 is 2. The number of anilines is 2. The Hall–Kier alpha value is -3.27. The minimum atomic E-state index is -4.18. The molecule has 3 aromatic rings. The average molecular weight is 523 g/mol. The standard InChI is InChI=1S/C23H20Cl2N2O6S/c1-32-21-11-8-15(24)12-20(21)27(34(30,31)17-6-4-3-5-7-17)14-22(28)26-16-9-10-19(25)18(13-16)23(29)33-2/h3-13H,14H2,1-2H3,(H,26,28). The van der Waals surface area contributed by atoms with Gasteiger partial charge in [-0.05, 0) is 48.5 Å². The van der Waals surface area contributed by atoms with Crippen LogP contribution in [0.15, 0.2) is 71.6 Å². The van der Waals surface area contributed by atoms with E-state index in [9.17, 15) is 18.0 Å². The number of esters is 1. The molecule has 0 heterocycles. The number of hydrogen-bond donors (Lipinski definition) is 1. The number of amides is 1. The Morgan fingerprint density at radius 3 is 2.32 bits per heavy atom. The summed E-state index contributed by atoms with van der Waals surface area (Å²) in [6.07, 6.45) is 0. The van der Waals surface area contributed by atoms with Gasteiger partial charge in [0.25, 0.3) is 10.0 Å². The Labute approximate surface area is 207 Å². The van der Waals surface area contributed by atoms with Crippen molar-refractivity contribution in [3.05, 3.63) is 82.3 Å². The van der Waals surface area contributed by atoms with Crippen molar-refractivity contribution in [3.63, 3.8) is 0 Å². The van der Waals surface area contributed by atoms with Gasteiger partial charge in [0, 0.05) is 10.7 Å². The number of rotatable bonds is 8. The zero-order valence-electron chi connectivity index (χ0n) is 18.1. The van der Waals surface area contributed by atoms with Crippen LogP contribution < -0.4 is 14.4 Å². The molecule has 8 nitrogen and oxygen atoms in total. The third-order valence-corrected chi connectivity index (χ3v) is 7.02. The van der Waals surface area contributed by atoms with Crippen LogP contribution in [-0.4, -0.2) is 41.1 Å². The van der Waals surface area contributed by atoms with Gasteiger partial charge in [-0.15, -0.1) is 0 Å². The normalized spacial score (nSPS) is 10.9. The van der Waals surface area contributed by atoms with E-state index in [-0.39, 0.29) is 37.6 Å². The van der Waals surface area contributed by atoms with Crippen LogP contribution in [0.1, 0.15) is 10.4 Å². The predicted molar refractivity (Wildman–Crippen MR) is 130 cm³/mol. The minimum absolute atomic E-state index is 0.0238. The first-order valence-electron chi connectivity index (χ1n) is 9.76. The summed E-state index contributed by atoms with van der Waals surface area (Å²) in [6, 6.07) is 16.3. The molecule has 0 aliphatic heterocycles. The van der Waals surface area contributed by atoms with Crippen LogP contribution in [0.25, 0.3) is 0 Å². The SMILES string of the molecule is COC(=O)c1cc(NC(=O)CN(c2cc(Cl)ccc2OC)S(=O)(=O)c2ccccc2)ccc1Cl. The number of ether oxygens (including phenoxy) is 2. The van der Waals surface area contributed by atoms with Gasteiger partial charge in [-0.2, -0.15) is 0 Å². The average Bonchev–Trinajstić information content (AvgIpc) is 2.83. The molecule has 0 aliphatic rings. The molecule has 0 bridgehead atoms. The summed E-state index contributed by atoms with van der Waals surface area (Å²) in [5.74, 6) is -1.16. The lowest BCUT2D eigenvalue weighted by Gasteiger charge is -2.26. The second kappa shape index (κ2) is 10.8. The number of carbonyl (C=O) groups is 2. The first-order valence-corrected chi connectivity index (χ1v) is 12.0. The molecule has 0 fully saturated rings. The lowest BCUT2D eigenvalue weighted by atomic mass is 10.2. The monoisotopic (exact) mass is 522 g/mol. The second-order valence-electron chi connectivity index (χ2n) is 6.88. The number of nitrogens with one attached hydrogen (secondary N) is 1. The van der Waals surface area contributed by atoms with E-state index in [2.05, 4.69) is 10.1 Å². The van der Waals surface area contributed by atoms with Crippen molar-refractivity contribution in [1.82, 2.24) is 0 Å². The van der Waals surface area contributed by atoms with Crippen LogP contribution in [0, 0.1) is 0 Å². The van der Waals surface area contributed by atoms with Crippen LogP contribution in [0.2, 0.25) is 10.0 Å². The Balaban J connectivity index is 2.00. The van der Waals surface area contributed by atoms with Gasteiger partial charge in [-0.25, -0.2) is 13.2 Å². The van der Waals surface area contributed by atoms with Crippen LogP contribution in [0.5, 0.6) is 5.75 Å². The summed E-state index contributed by atoms with van der Waals surface area (Å²) in [6.45, 7) is -0.607. The molecule has 0 atom stereocenters. The quantitative estimate of drug-likeness (QED) is 0.433. The van der Waals surface area contributed by atoms with Crippen molar-refractivity contribution in [2.75, 3.05) is 30.4 Å². The maximum absolute atomic E-state index is 13.5. The molecule has 0 saturated carbocycles. The lowest BCUT2D eigenvalue weighted by Crippen LogP contribution is -2.38. The summed E-state index contributed by atoms with van der Waals surface area (Å²) in [7, 11) is -1.60. The molecule has 1 amide bonds. The Bertz CT molecular complexity index is 1320. The van der Waals surface area contributed by atoms with Gasteiger partial charge < -0.3 is 14.8 Å². The molecule has 178 valence electrons. The van der Waals surface area contributed by atoms with E-state index in [1.807, 2.05) is 0 Å². The van der Waals surface area contributed by atoms with Gasteiger partial charge in [0.2, 0.25) is 5.91 Å². The summed E-state index contributed by atoms with van der Waals surface area (Å²) in [5.41, 5.74) is 0.359. The molecule has 0 aromatic heterocycles. The zero-order valence-corrected chi connectivity index (χ0v) is 20.4. The molecule has 0 radical (unpaired) electrons. The van der Waals surface area contributed by atoms with Gasteiger partial charge in [0.1, 0.15) is 12.3 Å². The lowest BCUT2D eigenvalue weighted by molar-refractivity contribution is -0.114. The second-order valence-corrected chi connectivity index (χ2v) is 9.58. The number of nitrogens with zero attached hydrogens (tertiary/aromatic N) is 1. The first-order chi connectivity index (χ1) is 16.2. The van der Waals surface area contributed by atoms with E-state index in [1.54, 1.807) is 24.3 Å². The van der Waals surface area contributed by atoms with E-state index in [1.165, 1.54) is 56.7 Å². The Kier molecular flexibility index (Phi) is 8.03. The smallest absolute Gasteiger partial charge is 0.339 e. The van der Waals surface area contributed by atoms with Crippen LogP contribution in [-0.2, 0) is 19.6 Å². The van der Waals surface area contributed by atoms with Gasteiger partial charge in [0.05, 0.1) is 35.4 Å². The maximum atomic E-state index is 13.5. The summed E-state index contributed by atoms with van der Waals surface area (Å²) >= 11 is 12.1. The summed E-state index contributed by atoms with van der Waals surface area (Å²) < 4.78 is 37.9. The van der Waals surface area contributed by atoms with Crippen LogP contribution >= 0.6 is 23.2 Å². The van der Waals surface area contributed by atoms with Crippen LogP contribution in [0.4, 0.5) is 11.4 Å².